The molecular weight excluding hydrogens is 462 g/mol. The molecule has 4 heterocycles. The fourth-order valence-electron chi connectivity index (χ4n) is 4.37. The van der Waals surface area contributed by atoms with Crippen LogP contribution in [0.15, 0.2) is 79.4 Å². The van der Waals surface area contributed by atoms with Gasteiger partial charge in [0.25, 0.3) is 0 Å². The Kier molecular flexibility index (Phi) is 5.69. The van der Waals surface area contributed by atoms with E-state index in [-0.39, 0.29) is 11.8 Å². The van der Waals surface area contributed by atoms with Gasteiger partial charge >= 0.3 is 0 Å². The zero-order valence-corrected chi connectivity index (χ0v) is 20.5. The van der Waals surface area contributed by atoms with Crippen LogP contribution in [0.25, 0.3) is 55.7 Å². The van der Waals surface area contributed by atoms with Gasteiger partial charge in [0.1, 0.15) is 5.69 Å². The summed E-state index contributed by atoms with van der Waals surface area (Å²) in [5, 5.41) is 11.6. The number of hydrogen-bond acceptors (Lipinski definition) is 5. The molecule has 2 aromatic carbocycles. The van der Waals surface area contributed by atoms with Crippen LogP contribution in [0, 0.1) is 5.92 Å². The van der Waals surface area contributed by atoms with Crippen molar-refractivity contribution >= 4 is 33.5 Å². The van der Waals surface area contributed by atoms with Crippen molar-refractivity contribution in [1.29, 1.82) is 0 Å². The third kappa shape index (κ3) is 4.23. The van der Waals surface area contributed by atoms with Gasteiger partial charge in [-0.15, -0.1) is 0 Å². The minimum atomic E-state index is -0.0603. The number of hydrogen-bond donors (Lipinski definition) is 3. The molecule has 182 valence electrons. The third-order valence-electron chi connectivity index (χ3n) is 6.67. The second kappa shape index (κ2) is 9.31. The summed E-state index contributed by atoms with van der Waals surface area (Å²) in [4.78, 5) is 29.4. The molecular formula is C29H25N7O. The lowest BCUT2D eigenvalue weighted by molar-refractivity contribution is -0.119. The Hall–Kier alpha value is -4.85. The average Bonchev–Trinajstić information content (AvgIpc) is 3.56. The predicted octanol–water partition coefficient (Wildman–Crippen LogP) is 6.21. The molecule has 8 heteroatoms. The molecule has 37 heavy (non-hydrogen) atoms. The van der Waals surface area contributed by atoms with E-state index in [0.29, 0.717) is 11.5 Å². The van der Waals surface area contributed by atoms with Crippen molar-refractivity contribution < 1.29 is 4.79 Å². The number of nitrogens with one attached hydrogen (secondary N) is 3. The first-order chi connectivity index (χ1) is 18.1. The van der Waals surface area contributed by atoms with Gasteiger partial charge in [0, 0.05) is 34.8 Å². The smallest absolute Gasteiger partial charge is 0.227 e. The molecule has 1 unspecified atom stereocenters. The van der Waals surface area contributed by atoms with Crippen LogP contribution in [-0.4, -0.2) is 36.0 Å². The van der Waals surface area contributed by atoms with Gasteiger partial charge in [-0.1, -0.05) is 50.2 Å². The molecule has 0 aliphatic carbocycles. The number of fused-ring (bicyclic) bond motifs is 2. The summed E-state index contributed by atoms with van der Waals surface area (Å²) in [6.45, 7) is 3.91. The Balaban J connectivity index is 1.39. The van der Waals surface area contributed by atoms with Crippen molar-refractivity contribution in [3.63, 3.8) is 0 Å². The van der Waals surface area contributed by atoms with E-state index in [2.05, 4.69) is 48.7 Å². The Labute approximate surface area is 213 Å². The van der Waals surface area contributed by atoms with Crippen molar-refractivity contribution in [2.24, 2.45) is 5.92 Å². The fraction of sp³-hybridized carbons (Fsp3) is 0.138. The second-order valence-electron chi connectivity index (χ2n) is 9.13. The molecule has 3 N–H and O–H groups in total. The molecule has 0 aliphatic rings. The Bertz CT molecular complexity index is 1740. The molecule has 0 saturated carbocycles. The minimum Gasteiger partial charge on any atom is -0.335 e. The van der Waals surface area contributed by atoms with Crippen LogP contribution >= 0.6 is 0 Å². The van der Waals surface area contributed by atoms with Crippen LogP contribution in [0.2, 0.25) is 0 Å². The number of carbonyl (C=O) groups is 1. The first-order valence-electron chi connectivity index (χ1n) is 12.2. The Morgan fingerprint density at radius 1 is 0.919 bits per heavy atom. The van der Waals surface area contributed by atoms with Crippen molar-refractivity contribution in [3.8, 4) is 33.8 Å². The molecule has 0 spiro atoms. The molecule has 0 saturated heterocycles. The fourth-order valence-corrected chi connectivity index (χ4v) is 4.37. The monoisotopic (exact) mass is 487 g/mol. The summed E-state index contributed by atoms with van der Waals surface area (Å²) >= 11 is 0. The number of nitrogens with zero attached hydrogens (tertiary/aromatic N) is 4. The van der Waals surface area contributed by atoms with Gasteiger partial charge in [-0.25, -0.2) is 4.98 Å². The Morgan fingerprint density at radius 2 is 1.76 bits per heavy atom. The number of imidazole rings is 1. The van der Waals surface area contributed by atoms with Crippen molar-refractivity contribution in [2.75, 3.05) is 5.32 Å². The van der Waals surface area contributed by atoms with Crippen LogP contribution in [0.4, 0.5) is 5.69 Å². The summed E-state index contributed by atoms with van der Waals surface area (Å²) in [6, 6.07) is 18.1. The maximum absolute atomic E-state index is 12.4. The van der Waals surface area contributed by atoms with Crippen molar-refractivity contribution in [2.45, 2.75) is 20.3 Å². The van der Waals surface area contributed by atoms with E-state index < -0.39 is 0 Å². The van der Waals surface area contributed by atoms with E-state index in [1.54, 1.807) is 18.6 Å². The number of pyridine rings is 2. The number of benzene rings is 2. The highest BCUT2D eigenvalue weighted by Gasteiger charge is 2.17. The molecule has 6 rings (SSSR count). The van der Waals surface area contributed by atoms with Gasteiger partial charge in [0.2, 0.25) is 5.91 Å². The first-order valence-corrected chi connectivity index (χ1v) is 12.2. The first kappa shape index (κ1) is 22.6. The van der Waals surface area contributed by atoms with Crippen LogP contribution in [0.1, 0.15) is 20.3 Å². The zero-order chi connectivity index (χ0) is 25.4. The minimum absolute atomic E-state index is 0.0109. The second-order valence-corrected chi connectivity index (χ2v) is 9.13. The molecule has 0 aliphatic heterocycles. The van der Waals surface area contributed by atoms with Crippen LogP contribution in [0.5, 0.6) is 0 Å². The van der Waals surface area contributed by atoms with Crippen LogP contribution < -0.4 is 5.32 Å². The lowest BCUT2D eigenvalue weighted by Gasteiger charge is -2.11. The van der Waals surface area contributed by atoms with Crippen molar-refractivity contribution in [1.82, 2.24) is 30.1 Å². The molecule has 4 aromatic heterocycles. The summed E-state index contributed by atoms with van der Waals surface area (Å²) in [5.41, 5.74) is 7.87. The van der Waals surface area contributed by atoms with E-state index in [0.717, 1.165) is 56.3 Å². The number of carbonyl (C=O) groups excluding carboxylic acids is 1. The molecule has 1 atom stereocenters. The molecule has 8 nitrogen and oxygen atoms in total. The summed E-state index contributed by atoms with van der Waals surface area (Å²) in [6.07, 6.45) is 7.85. The quantitative estimate of drug-likeness (QED) is 0.258. The lowest BCUT2D eigenvalue weighted by Crippen LogP contribution is -2.19. The SMILES string of the molecule is CCC(C)C(=O)Nc1cncc(-c2ccc3[nH]nc(-c4nc5c(-c6ccccc6)cncc5[nH]4)c3c2)c1. The maximum Gasteiger partial charge on any atom is 0.227 e. The van der Waals surface area contributed by atoms with Gasteiger partial charge in [-0.3, -0.25) is 19.9 Å². The zero-order valence-electron chi connectivity index (χ0n) is 20.5. The van der Waals surface area contributed by atoms with Crippen LogP contribution in [0.3, 0.4) is 0 Å². The van der Waals surface area contributed by atoms with E-state index in [1.165, 1.54) is 0 Å². The highest BCUT2D eigenvalue weighted by atomic mass is 16.1. The number of rotatable bonds is 6. The summed E-state index contributed by atoms with van der Waals surface area (Å²) in [5.74, 6) is 0.592. The standard InChI is InChI=1S/C29H25N7O/c1-3-17(2)29(37)32-21-11-20(13-30-14-21)19-9-10-24-22(12-19)27(36-35-24)28-33-25-16-31-15-23(26(25)34-28)18-7-5-4-6-8-18/h4-17H,3H2,1-2H3,(H,32,37)(H,33,34)(H,35,36). The molecule has 0 fully saturated rings. The largest absolute Gasteiger partial charge is 0.335 e. The molecule has 6 aromatic rings. The lowest BCUT2D eigenvalue weighted by atomic mass is 10.0. The van der Waals surface area contributed by atoms with E-state index in [4.69, 9.17) is 4.98 Å². The summed E-state index contributed by atoms with van der Waals surface area (Å²) in [7, 11) is 0. The van der Waals surface area contributed by atoms with Gasteiger partial charge in [-0.2, -0.15) is 5.10 Å². The highest BCUT2D eigenvalue weighted by molar-refractivity contribution is 5.98. The van der Waals surface area contributed by atoms with Crippen LogP contribution in [-0.2, 0) is 4.79 Å². The van der Waals surface area contributed by atoms with Gasteiger partial charge < -0.3 is 10.3 Å². The normalized spacial score (nSPS) is 12.2. The summed E-state index contributed by atoms with van der Waals surface area (Å²) < 4.78 is 0. The van der Waals surface area contributed by atoms with Gasteiger partial charge in [0.15, 0.2) is 5.82 Å². The highest BCUT2D eigenvalue weighted by Crippen LogP contribution is 2.33. The number of H-pyrrole nitrogens is 2. The number of aromatic nitrogens is 6. The van der Waals surface area contributed by atoms with Crippen molar-refractivity contribution in [3.05, 3.63) is 79.4 Å². The average molecular weight is 488 g/mol. The molecule has 0 bridgehead atoms. The molecule has 1 amide bonds. The third-order valence-corrected chi connectivity index (χ3v) is 6.67. The topological polar surface area (TPSA) is 112 Å². The maximum atomic E-state index is 12.4. The van der Waals surface area contributed by atoms with E-state index in [9.17, 15) is 4.79 Å². The Morgan fingerprint density at radius 3 is 2.59 bits per heavy atom. The number of anilines is 1. The predicted molar refractivity (Wildman–Crippen MR) is 146 cm³/mol. The number of aromatic amines is 2. The van der Waals surface area contributed by atoms with Gasteiger partial charge in [-0.05, 0) is 35.7 Å². The molecule has 0 radical (unpaired) electrons. The van der Waals surface area contributed by atoms with Gasteiger partial charge in [0.05, 0.1) is 34.6 Å². The number of amides is 1. The van der Waals surface area contributed by atoms with E-state index in [1.807, 2.05) is 56.4 Å². The van der Waals surface area contributed by atoms with E-state index >= 15 is 0 Å².